The van der Waals surface area contributed by atoms with Crippen molar-refractivity contribution in [3.05, 3.63) is 52.1 Å². The van der Waals surface area contributed by atoms with Gasteiger partial charge in [-0.1, -0.05) is 6.92 Å². The number of hydrogen-bond donors (Lipinski definition) is 1. The summed E-state index contributed by atoms with van der Waals surface area (Å²) in [6.45, 7) is 4.17. The van der Waals surface area contributed by atoms with E-state index < -0.39 is 0 Å². The van der Waals surface area contributed by atoms with Gasteiger partial charge in [0.2, 0.25) is 0 Å². The average Bonchev–Trinajstić information content (AvgIpc) is 2.86. The highest BCUT2D eigenvalue weighted by atomic mass is 79.9. The van der Waals surface area contributed by atoms with Crippen LogP contribution >= 0.6 is 15.9 Å². The minimum Gasteiger partial charge on any atom is -0.484 e. The van der Waals surface area contributed by atoms with Crippen molar-refractivity contribution in [1.29, 1.82) is 0 Å². The summed E-state index contributed by atoms with van der Waals surface area (Å²) >= 11 is 3.27. The maximum absolute atomic E-state index is 13.0. The lowest BCUT2D eigenvalue weighted by molar-refractivity contribution is 0.266. The summed E-state index contributed by atoms with van der Waals surface area (Å²) in [5, 5.41) is 3.32. The number of furan rings is 1. The number of nitrogens with one attached hydrogen (secondary N) is 1. The molecule has 0 amide bonds. The van der Waals surface area contributed by atoms with Crippen LogP contribution in [-0.2, 0) is 13.2 Å². The van der Waals surface area contributed by atoms with Gasteiger partial charge in [-0.05, 0) is 53.2 Å². The normalized spacial score (nSPS) is 10.8. The van der Waals surface area contributed by atoms with Crippen LogP contribution in [0.3, 0.4) is 0 Å². The first-order valence-electron chi connectivity index (χ1n) is 6.54. The molecule has 2 aromatic rings. The van der Waals surface area contributed by atoms with Crippen LogP contribution < -0.4 is 10.1 Å². The third-order valence-corrected chi connectivity index (χ3v) is 3.45. The number of hydrogen-bond acceptors (Lipinski definition) is 3. The third-order valence-electron chi connectivity index (χ3n) is 2.83. The largest absolute Gasteiger partial charge is 0.484 e. The summed E-state index contributed by atoms with van der Waals surface area (Å²) in [5.41, 5.74) is 1.08. The van der Waals surface area contributed by atoms with Gasteiger partial charge in [0.1, 0.15) is 23.9 Å². The highest BCUT2D eigenvalue weighted by Crippen LogP contribution is 2.26. The summed E-state index contributed by atoms with van der Waals surface area (Å²) in [6, 6.07) is 6.27. The molecular weight excluding hydrogens is 325 g/mol. The Morgan fingerprint density at radius 2 is 2.20 bits per heavy atom. The van der Waals surface area contributed by atoms with Crippen molar-refractivity contribution in [2.75, 3.05) is 6.54 Å². The van der Waals surface area contributed by atoms with E-state index in [1.165, 1.54) is 12.1 Å². The quantitative estimate of drug-likeness (QED) is 0.764. The van der Waals surface area contributed by atoms with Crippen LogP contribution in [0.15, 0.2) is 39.4 Å². The molecule has 0 unspecified atom stereocenters. The monoisotopic (exact) mass is 341 g/mol. The van der Waals surface area contributed by atoms with Gasteiger partial charge >= 0.3 is 0 Å². The van der Waals surface area contributed by atoms with E-state index in [4.69, 9.17) is 9.15 Å². The molecule has 20 heavy (non-hydrogen) atoms. The van der Waals surface area contributed by atoms with E-state index in [1.54, 1.807) is 12.3 Å². The van der Waals surface area contributed by atoms with Gasteiger partial charge in [0.05, 0.1) is 10.7 Å². The van der Waals surface area contributed by atoms with Crippen LogP contribution in [0.5, 0.6) is 5.75 Å². The van der Waals surface area contributed by atoms with Crippen LogP contribution in [0.2, 0.25) is 0 Å². The fourth-order valence-electron chi connectivity index (χ4n) is 1.79. The van der Waals surface area contributed by atoms with Crippen LogP contribution in [0, 0.1) is 5.82 Å². The molecule has 0 aliphatic rings. The Hall–Kier alpha value is -1.33. The molecule has 0 saturated heterocycles. The molecule has 0 atom stereocenters. The zero-order chi connectivity index (χ0) is 14.4. The van der Waals surface area contributed by atoms with Crippen molar-refractivity contribution in [2.45, 2.75) is 26.5 Å². The van der Waals surface area contributed by atoms with E-state index in [0.717, 1.165) is 30.8 Å². The van der Waals surface area contributed by atoms with Crippen LogP contribution in [0.1, 0.15) is 24.7 Å². The molecule has 5 heteroatoms. The number of ether oxygens (including phenoxy) is 1. The van der Waals surface area contributed by atoms with Gasteiger partial charge in [0, 0.05) is 12.1 Å². The molecule has 1 aromatic carbocycles. The molecule has 1 N–H and O–H groups in total. The zero-order valence-corrected chi connectivity index (χ0v) is 12.9. The maximum atomic E-state index is 13.0. The Bertz CT molecular complexity index is 557. The van der Waals surface area contributed by atoms with Gasteiger partial charge in [-0.3, -0.25) is 0 Å². The Morgan fingerprint density at radius 3 is 2.95 bits per heavy atom. The third kappa shape index (κ3) is 4.08. The van der Waals surface area contributed by atoms with E-state index in [1.807, 2.05) is 6.07 Å². The second-order valence-corrected chi connectivity index (χ2v) is 5.26. The first-order valence-corrected chi connectivity index (χ1v) is 7.33. The van der Waals surface area contributed by atoms with Crippen LogP contribution in [-0.4, -0.2) is 6.54 Å². The summed E-state index contributed by atoms with van der Waals surface area (Å²) < 4.78 is 24.7. The maximum Gasteiger partial charge on any atom is 0.146 e. The van der Waals surface area contributed by atoms with Crippen molar-refractivity contribution in [2.24, 2.45) is 0 Å². The molecule has 0 radical (unpaired) electrons. The Balaban J connectivity index is 1.95. The molecule has 1 aromatic heterocycles. The van der Waals surface area contributed by atoms with Crippen molar-refractivity contribution < 1.29 is 13.5 Å². The van der Waals surface area contributed by atoms with E-state index in [-0.39, 0.29) is 5.82 Å². The van der Waals surface area contributed by atoms with Crippen LogP contribution in [0.4, 0.5) is 4.39 Å². The van der Waals surface area contributed by atoms with Gasteiger partial charge in [-0.15, -0.1) is 0 Å². The van der Waals surface area contributed by atoms with Gasteiger partial charge in [0.15, 0.2) is 0 Å². The van der Waals surface area contributed by atoms with Crippen molar-refractivity contribution in [3.63, 3.8) is 0 Å². The standard InChI is InChI=1S/C15H17BrFNO2/c1-2-6-18-9-11-5-7-19-15(11)10-20-14-4-3-12(17)8-13(14)16/h3-5,7-8,18H,2,6,9-10H2,1H3. The number of benzene rings is 1. The number of halogens is 2. The smallest absolute Gasteiger partial charge is 0.146 e. The summed E-state index contributed by atoms with van der Waals surface area (Å²) in [7, 11) is 0. The summed E-state index contributed by atoms with van der Waals surface area (Å²) in [4.78, 5) is 0. The predicted octanol–water partition coefficient (Wildman–Crippen LogP) is 4.26. The highest BCUT2D eigenvalue weighted by Gasteiger charge is 2.09. The lowest BCUT2D eigenvalue weighted by Gasteiger charge is -2.08. The molecule has 0 spiro atoms. The van der Waals surface area contributed by atoms with Gasteiger partial charge < -0.3 is 14.5 Å². The molecule has 2 rings (SSSR count). The highest BCUT2D eigenvalue weighted by molar-refractivity contribution is 9.10. The molecular formula is C15H17BrFNO2. The lowest BCUT2D eigenvalue weighted by Crippen LogP contribution is -2.14. The average molecular weight is 342 g/mol. The van der Waals surface area contributed by atoms with Gasteiger partial charge in [0.25, 0.3) is 0 Å². The van der Waals surface area contributed by atoms with E-state index in [0.29, 0.717) is 16.8 Å². The van der Waals surface area contributed by atoms with E-state index >= 15 is 0 Å². The summed E-state index contributed by atoms with van der Waals surface area (Å²) in [6.07, 6.45) is 2.74. The van der Waals surface area contributed by atoms with Crippen molar-refractivity contribution in [3.8, 4) is 5.75 Å². The molecule has 3 nitrogen and oxygen atoms in total. The Morgan fingerprint density at radius 1 is 1.35 bits per heavy atom. The van der Waals surface area contributed by atoms with Crippen molar-refractivity contribution >= 4 is 15.9 Å². The van der Waals surface area contributed by atoms with Gasteiger partial charge in [-0.25, -0.2) is 4.39 Å². The molecule has 0 fully saturated rings. The Kier molecular flexibility index (Phi) is 5.61. The molecule has 108 valence electrons. The second-order valence-electron chi connectivity index (χ2n) is 4.41. The second kappa shape index (κ2) is 7.45. The number of rotatable bonds is 7. The van der Waals surface area contributed by atoms with E-state index in [2.05, 4.69) is 28.2 Å². The Labute approximate surface area is 126 Å². The van der Waals surface area contributed by atoms with Crippen LogP contribution in [0.25, 0.3) is 0 Å². The fraction of sp³-hybridized carbons (Fsp3) is 0.333. The topological polar surface area (TPSA) is 34.4 Å². The lowest BCUT2D eigenvalue weighted by atomic mass is 10.2. The minimum absolute atomic E-state index is 0.299. The van der Waals surface area contributed by atoms with E-state index in [9.17, 15) is 4.39 Å². The van der Waals surface area contributed by atoms with Gasteiger partial charge in [-0.2, -0.15) is 0 Å². The molecule has 0 aliphatic heterocycles. The minimum atomic E-state index is -0.299. The fourth-order valence-corrected chi connectivity index (χ4v) is 2.25. The first kappa shape index (κ1) is 15.1. The molecule has 1 heterocycles. The molecule has 0 saturated carbocycles. The first-order chi connectivity index (χ1) is 9.70. The zero-order valence-electron chi connectivity index (χ0n) is 11.3. The summed E-state index contributed by atoms with van der Waals surface area (Å²) in [5.74, 6) is 1.08. The predicted molar refractivity (Wildman–Crippen MR) is 79.1 cm³/mol. The SMILES string of the molecule is CCCNCc1ccoc1COc1ccc(F)cc1Br. The van der Waals surface area contributed by atoms with Crippen molar-refractivity contribution in [1.82, 2.24) is 5.32 Å². The molecule has 0 bridgehead atoms. The molecule has 0 aliphatic carbocycles.